The van der Waals surface area contributed by atoms with Gasteiger partial charge in [0.05, 0.1) is 59.9 Å². The number of anilines is 2. The van der Waals surface area contributed by atoms with E-state index in [4.69, 9.17) is 15.9 Å². The molecule has 358 valence electrons. The quantitative estimate of drug-likeness (QED) is 0.0963. The van der Waals surface area contributed by atoms with Crippen LogP contribution in [0.3, 0.4) is 0 Å². The zero-order valence-electron chi connectivity index (χ0n) is 36.6. The van der Waals surface area contributed by atoms with Crippen molar-refractivity contribution >= 4 is 45.8 Å². The van der Waals surface area contributed by atoms with Gasteiger partial charge in [0.1, 0.15) is 36.7 Å². The number of carbonyl (C=O) groups is 3. The lowest BCUT2D eigenvalue weighted by Crippen LogP contribution is -2.54. The van der Waals surface area contributed by atoms with Crippen LogP contribution in [0.25, 0.3) is 16.6 Å². The van der Waals surface area contributed by atoms with Crippen molar-refractivity contribution in [3.8, 4) is 24.2 Å². The third kappa shape index (κ3) is 9.76. The smallest absolute Gasteiger partial charge is 0.377 e. The fourth-order valence-electron chi connectivity index (χ4n) is 9.68. The van der Waals surface area contributed by atoms with Crippen molar-refractivity contribution in [1.29, 1.82) is 0 Å². The summed E-state index contributed by atoms with van der Waals surface area (Å²) in [5.41, 5.74) is 0.800. The number of nitrogens with one attached hydrogen (secondary N) is 2. The number of imide groups is 1. The van der Waals surface area contributed by atoms with E-state index in [1.165, 1.54) is 33.9 Å². The molecule has 1 aliphatic carbocycles. The standard InChI is InChI=1S/C46H47F6N11O5/c1-2-16-61-41-28(5-3-7-30(41)39(57-61)31-12-13-38(64)56-44(31)65)6-4-20-68-35-14-17-59(24-33(35)47)23-27-8-10-29(11-9-27)63-25-34(40(58-63)42(48)49)54-45(66)32-22-53-62-18-15-37(55-43(32)62)60-19-21-67-26-36(60)46(50,51)52/h1,3,5,7,15,18,22,25,27,29,31,33,35-36,42H,8-14,16-17,19-21,23-24,26H2,(H,54,66)(H,56,64,65)/t27-,29-,31?,33-,35+,36-/m0/s1. The number of alkyl halides is 6. The van der Waals surface area contributed by atoms with Gasteiger partial charge >= 0.3 is 6.18 Å². The normalized spacial score (nSPS) is 23.9. The molecule has 3 aliphatic heterocycles. The Bertz CT molecular complexity index is 2800. The monoisotopic (exact) mass is 947 g/mol. The van der Waals surface area contributed by atoms with Crippen LogP contribution in [0.15, 0.2) is 42.9 Å². The van der Waals surface area contributed by atoms with Gasteiger partial charge in [0.15, 0.2) is 11.3 Å². The van der Waals surface area contributed by atoms with E-state index in [2.05, 4.69) is 53.6 Å². The number of benzene rings is 1. The second-order valence-corrected chi connectivity index (χ2v) is 17.4. The molecule has 2 N–H and O–H groups in total. The Balaban J connectivity index is 0.771. The third-order valence-electron chi connectivity index (χ3n) is 13.1. The Morgan fingerprint density at radius 3 is 2.65 bits per heavy atom. The van der Waals surface area contributed by atoms with Gasteiger partial charge in [-0.05, 0) is 56.6 Å². The molecule has 5 aromatic rings. The second kappa shape index (κ2) is 19.6. The number of para-hydroxylation sites is 1. The number of ether oxygens (including phenoxy) is 2. The highest BCUT2D eigenvalue weighted by molar-refractivity contribution is 6.08. The van der Waals surface area contributed by atoms with E-state index in [1.54, 1.807) is 4.68 Å². The predicted molar refractivity (Wildman–Crippen MR) is 233 cm³/mol. The van der Waals surface area contributed by atoms with Gasteiger partial charge in [-0.1, -0.05) is 29.9 Å². The molecular formula is C46H47F6N11O5. The molecular weight excluding hydrogens is 901 g/mol. The summed E-state index contributed by atoms with van der Waals surface area (Å²) in [6.07, 6.45) is 3.78. The highest BCUT2D eigenvalue weighted by Gasteiger charge is 2.46. The minimum absolute atomic E-state index is 0.0103. The number of hydrogen-bond acceptors (Lipinski definition) is 11. The van der Waals surface area contributed by atoms with Gasteiger partial charge < -0.3 is 19.7 Å². The topological polar surface area (TPSA) is 166 Å². The number of carbonyl (C=O) groups excluding carboxylic acids is 3. The van der Waals surface area contributed by atoms with Crippen LogP contribution in [0, 0.1) is 30.1 Å². The van der Waals surface area contributed by atoms with E-state index in [1.807, 2.05) is 18.2 Å². The Morgan fingerprint density at radius 1 is 1.07 bits per heavy atom. The Morgan fingerprint density at radius 2 is 1.90 bits per heavy atom. The average Bonchev–Trinajstić information content (AvgIpc) is 4.04. The Labute approximate surface area is 385 Å². The predicted octanol–water partition coefficient (Wildman–Crippen LogP) is 5.60. The van der Waals surface area contributed by atoms with Gasteiger partial charge in [0.2, 0.25) is 11.8 Å². The van der Waals surface area contributed by atoms with E-state index in [-0.39, 0.29) is 79.9 Å². The van der Waals surface area contributed by atoms with Gasteiger partial charge in [-0.15, -0.1) is 6.42 Å². The van der Waals surface area contributed by atoms with Crippen molar-refractivity contribution in [3.63, 3.8) is 0 Å². The van der Waals surface area contributed by atoms with Crippen molar-refractivity contribution in [3.05, 3.63) is 65.4 Å². The van der Waals surface area contributed by atoms with E-state index < -0.39 is 61.0 Å². The molecule has 4 aliphatic rings. The van der Waals surface area contributed by atoms with E-state index in [9.17, 15) is 36.3 Å². The number of hydrogen-bond donors (Lipinski definition) is 2. The van der Waals surface area contributed by atoms with Crippen LogP contribution in [0.2, 0.25) is 0 Å². The fraction of sp³-hybridized carbons (Fsp3) is 0.500. The number of piperidine rings is 2. The zero-order chi connectivity index (χ0) is 47.7. The van der Waals surface area contributed by atoms with Crippen LogP contribution >= 0.6 is 0 Å². The van der Waals surface area contributed by atoms with Gasteiger partial charge in [0.25, 0.3) is 12.3 Å². The molecule has 4 aromatic heterocycles. The maximum absolute atomic E-state index is 15.5. The molecule has 1 saturated carbocycles. The molecule has 16 nitrogen and oxygen atoms in total. The summed E-state index contributed by atoms with van der Waals surface area (Å²) in [4.78, 5) is 45.4. The molecule has 0 spiro atoms. The summed E-state index contributed by atoms with van der Waals surface area (Å²) in [6.45, 7) is 0.992. The fourth-order valence-corrected chi connectivity index (χ4v) is 9.68. The summed E-state index contributed by atoms with van der Waals surface area (Å²) in [5.74, 6) is 6.73. The van der Waals surface area contributed by atoms with Crippen molar-refractivity contribution in [1.82, 2.24) is 44.4 Å². The summed E-state index contributed by atoms with van der Waals surface area (Å²) in [7, 11) is 0. The number of morpholine rings is 1. The molecule has 9 rings (SSSR count). The number of nitrogens with zero attached hydrogens (tertiary/aromatic N) is 9. The molecule has 0 radical (unpaired) electrons. The number of aromatic nitrogens is 7. The molecule has 0 bridgehead atoms. The van der Waals surface area contributed by atoms with Crippen LogP contribution in [0.5, 0.6) is 0 Å². The third-order valence-corrected chi connectivity index (χ3v) is 13.1. The van der Waals surface area contributed by atoms with Crippen molar-refractivity contribution < 1.29 is 50.2 Å². The van der Waals surface area contributed by atoms with Crippen LogP contribution in [-0.2, 0) is 25.6 Å². The van der Waals surface area contributed by atoms with Crippen LogP contribution in [0.4, 0.5) is 37.8 Å². The highest BCUT2D eigenvalue weighted by Crippen LogP contribution is 2.37. The van der Waals surface area contributed by atoms with E-state index >= 15 is 4.39 Å². The molecule has 7 heterocycles. The van der Waals surface area contributed by atoms with Gasteiger partial charge in [-0.2, -0.15) is 28.5 Å². The number of terminal acetylenes is 1. The molecule has 68 heavy (non-hydrogen) atoms. The summed E-state index contributed by atoms with van der Waals surface area (Å²) < 4.78 is 101. The molecule has 3 saturated heterocycles. The Kier molecular flexibility index (Phi) is 13.4. The summed E-state index contributed by atoms with van der Waals surface area (Å²) >= 11 is 0. The van der Waals surface area contributed by atoms with E-state index in [0.29, 0.717) is 60.9 Å². The van der Waals surface area contributed by atoms with Crippen molar-refractivity contribution in [2.75, 3.05) is 56.2 Å². The van der Waals surface area contributed by atoms with Crippen LogP contribution in [0.1, 0.15) is 90.6 Å². The largest absolute Gasteiger partial charge is 0.411 e. The number of fused-ring (bicyclic) bond motifs is 2. The SMILES string of the molecule is C#CCn1nc(C2CCC(=O)NC2=O)c2cccc(C#CCO[C@@H]3CCN(C[C@H]4CC[C@H](n5cc(NC(=O)c6cnn7ccc(N8CCOC[C@H]8C(F)(F)F)nc67)c(C(F)F)n5)CC4)C[C@@H]3F)c21. The first-order valence-corrected chi connectivity index (χ1v) is 22.4. The van der Waals surface area contributed by atoms with Crippen molar-refractivity contribution in [2.45, 2.75) is 94.4 Å². The number of rotatable bonds is 11. The lowest BCUT2D eigenvalue weighted by molar-refractivity contribution is -0.167. The van der Waals surface area contributed by atoms with Gasteiger partial charge in [-0.25, -0.2) is 22.7 Å². The minimum atomic E-state index is -4.60. The number of halogens is 6. The molecule has 1 unspecified atom stereocenters. The first-order valence-electron chi connectivity index (χ1n) is 22.4. The van der Waals surface area contributed by atoms with E-state index in [0.717, 1.165) is 17.7 Å². The minimum Gasteiger partial charge on any atom is -0.377 e. The lowest BCUT2D eigenvalue weighted by atomic mass is 9.85. The second-order valence-electron chi connectivity index (χ2n) is 17.4. The summed E-state index contributed by atoms with van der Waals surface area (Å²) in [5, 5.41) is 18.5. The van der Waals surface area contributed by atoms with Gasteiger partial charge in [-0.3, -0.25) is 34.0 Å². The van der Waals surface area contributed by atoms with Gasteiger partial charge in [0, 0.05) is 50.4 Å². The zero-order valence-corrected chi connectivity index (χ0v) is 36.6. The number of amides is 3. The number of likely N-dealkylation sites (tertiary alicyclic amines) is 1. The summed E-state index contributed by atoms with van der Waals surface area (Å²) in [6, 6.07) is 4.64. The molecule has 3 amide bonds. The average molecular weight is 948 g/mol. The molecule has 22 heteroatoms. The molecule has 4 fully saturated rings. The van der Waals surface area contributed by atoms with Crippen LogP contribution in [-0.4, -0.2) is 127 Å². The molecule has 4 atom stereocenters. The lowest BCUT2D eigenvalue weighted by Gasteiger charge is -2.38. The Hall–Kier alpha value is -6.49. The first kappa shape index (κ1) is 46.6. The highest BCUT2D eigenvalue weighted by atomic mass is 19.4. The maximum atomic E-state index is 15.5. The van der Waals surface area contributed by atoms with Crippen LogP contribution < -0.4 is 15.5 Å². The van der Waals surface area contributed by atoms with Crippen molar-refractivity contribution in [2.24, 2.45) is 5.92 Å². The first-order chi connectivity index (χ1) is 32.7. The maximum Gasteiger partial charge on any atom is 0.411 e. The molecule has 1 aromatic carbocycles.